The number of halogens is 2. The number of benzene rings is 3. The summed E-state index contributed by atoms with van der Waals surface area (Å²) in [7, 11) is 0. The summed E-state index contributed by atoms with van der Waals surface area (Å²) in [5, 5.41) is 0. The van der Waals surface area contributed by atoms with Crippen molar-refractivity contribution in [3.8, 4) is 11.1 Å². The van der Waals surface area contributed by atoms with Crippen LogP contribution in [0.5, 0.6) is 0 Å². The minimum absolute atomic E-state index is 0.183. The number of primary amides is 1. The first-order chi connectivity index (χ1) is 13.0. The summed E-state index contributed by atoms with van der Waals surface area (Å²) in [6, 6.07) is 15.4. The van der Waals surface area contributed by atoms with E-state index in [9.17, 15) is 18.4 Å². The van der Waals surface area contributed by atoms with Crippen LogP contribution in [0.15, 0.2) is 60.7 Å². The molecule has 3 aromatic rings. The number of nitrogens with zero attached hydrogens (tertiary/aromatic N) is 1. The van der Waals surface area contributed by atoms with Gasteiger partial charge in [-0.05, 0) is 47.0 Å². The molecule has 3 aromatic carbocycles. The average molecular weight is 364 g/mol. The zero-order valence-electron chi connectivity index (χ0n) is 14.1. The van der Waals surface area contributed by atoms with E-state index < -0.39 is 17.5 Å². The maximum absolute atomic E-state index is 13.6. The summed E-state index contributed by atoms with van der Waals surface area (Å²) >= 11 is 0. The number of anilines is 1. The maximum atomic E-state index is 13.6. The molecule has 0 saturated carbocycles. The van der Waals surface area contributed by atoms with E-state index >= 15 is 0 Å². The summed E-state index contributed by atoms with van der Waals surface area (Å²) in [5.74, 6) is -2.84. The molecule has 1 heterocycles. The molecule has 0 bridgehead atoms. The number of hydrogen-bond acceptors (Lipinski definition) is 2. The molecule has 2 amide bonds. The van der Waals surface area contributed by atoms with Crippen LogP contribution in [0.1, 0.15) is 26.3 Å². The Labute approximate surface area is 153 Å². The number of hydrogen-bond donors (Lipinski definition) is 1. The predicted molar refractivity (Wildman–Crippen MR) is 97.3 cm³/mol. The predicted octanol–water partition coefficient (Wildman–Crippen LogP) is 3.89. The van der Waals surface area contributed by atoms with Gasteiger partial charge in [0.05, 0.1) is 17.8 Å². The van der Waals surface area contributed by atoms with Crippen LogP contribution in [-0.2, 0) is 6.54 Å². The summed E-state index contributed by atoms with van der Waals surface area (Å²) < 4.78 is 26.8. The molecule has 134 valence electrons. The van der Waals surface area contributed by atoms with E-state index in [4.69, 9.17) is 5.73 Å². The Morgan fingerprint density at radius 3 is 2.33 bits per heavy atom. The Balaban J connectivity index is 1.83. The second kappa shape index (κ2) is 6.32. The summed E-state index contributed by atoms with van der Waals surface area (Å²) in [6.07, 6.45) is 0. The highest BCUT2D eigenvalue weighted by atomic mass is 19.2. The minimum Gasteiger partial charge on any atom is -0.366 e. The zero-order chi connectivity index (χ0) is 19.1. The normalized spacial score (nSPS) is 13.0. The molecule has 4 nitrogen and oxygen atoms in total. The molecule has 0 aliphatic carbocycles. The molecule has 0 saturated heterocycles. The van der Waals surface area contributed by atoms with Crippen LogP contribution in [0.3, 0.4) is 0 Å². The van der Waals surface area contributed by atoms with Gasteiger partial charge in [0.1, 0.15) is 0 Å². The lowest BCUT2D eigenvalue weighted by Gasteiger charge is -2.20. The fourth-order valence-electron chi connectivity index (χ4n) is 3.27. The Bertz CT molecular complexity index is 1100. The van der Waals surface area contributed by atoms with Crippen molar-refractivity contribution in [1.29, 1.82) is 0 Å². The standard InChI is InChI=1S/C21H14F2N2O2/c22-17-8-6-12(9-18(17)23)13-5-7-16(20(24)26)19(10-13)25-11-14-3-1-2-4-15(14)21(25)27/h1-10H,11H2,(H2,24,26). The van der Waals surface area contributed by atoms with E-state index in [0.29, 0.717) is 28.9 Å². The van der Waals surface area contributed by atoms with Gasteiger partial charge in [0.15, 0.2) is 11.6 Å². The first-order valence-corrected chi connectivity index (χ1v) is 8.25. The molecule has 0 aromatic heterocycles. The number of amides is 2. The highest BCUT2D eigenvalue weighted by Crippen LogP contribution is 2.34. The van der Waals surface area contributed by atoms with Gasteiger partial charge in [-0.25, -0.2) is 8.78 Å². The van der Waals surface area contributed by atoms with Gasteiger partial charge in [0, 0.05) is 5.56 Å². The number of carbonyl (C=O) groups excluding carboxylic acids is 2. The van der Waals surface area contributed by atoms with Gasteiger partial charge in [-0.1, -0.05) is 30.3 Å². The topological polar surface area (TPSA) is 63.4 Å². The molecule has 0 unspecified atom stereocenters. The van der Waals surface area contributed by atoms with Gasteiger partial charge in [0.25, 0.3) is 11.8 Å². The Morgan fingerprint density at radius 1 is 0.926 bits per heavy atom. The SMILES string of the molecule is NC(=O)c1ccc(-c2ccc(F)c(F)c2)cc1N1Cc2ccccc2C1=O. The average Bonchev–Trinajstić information content (AvgIpc) is 3.00. The second-order valence-corrected chi connectivity index (χ2v) is 6.27. The molecule has 2 N–H and O–H groups in total. The molecular weight excluding hydrogens is 350 g/mol. The molecule has 4 rings (SSSR count). The van der Waals surface area contributed by atoms with Gasteiger partial charge >= 0.3 is 0 Å². The van der Waals surface area contributed by atoms with E-state index in [2.05, 4.69) is 0 Å². The van der Waals surface area contributed by atoms with Crippen LogP contribution in [-0.4, -0.2) is 11.8 Å². The van der Waals surface area contributed by atoms with Crippen molar-refractivity contribution in [2.45, 2.75) is 6.54 Å². The van der Waals surface area contributed by atoms with Gasteiger partial charge < -0.3 is 10.6 Å². The third-order valence-corrected chi connectivity index (χ3v) is 4.63. The smallest absolute Gasteiger partial charge is 0.258 e. The van der Waals surface area contributed by atoms with Crippen molar-refractivity contribution in [3.63, 3.8) is 0 Å². The fraction of sp³-hybridized carbons (Fsp3) is 0.0476. The van der Waals surface area contributed by atoms with E-state index in [1.807, 2.05) is 12.1 Å². The van der Waals surface area contributed by atoms with Crippen LogP contribution < -0.4 is 10.6 Å². The molecule has 0 spiro atoms. The largest absolute Gasteiger partial charge is 0.366 e. The third kappa shape index (κ3) is 2.85. The molecule has 0 fully saturated rings. The molecule has 6 heteroatoms. The van der Waals surface area contributed by atoms with Crippen LogP contribution >= 0.6 is 0 Å². The van der Waals surface area contributed by atoms with Crippen molar-refractivity contribution in [2.24, 2.45) is 5.73 Å². The number of fused-ring (bicyclic) bond motifs is 1. The fourth-order valence-corrected chi connectivity index (χ4v) is 3.27. The molecule has 0 radical (unpaired) electrons. The molecular formula is C21H14F2N2O2. The number of carbonyl (C=O) groups is 2. The molecule has 27 heavy (non-hydrogen) atoms. The lowest BCUT2D eigenvalue weighted by Crippen LogP contribution is -2.26. The number of rotatable bonds is 3. The van der Waals surface area contributed by atoms with Crippen molar-refractivity contribution in [3.05, 3.63) is 89.0 Å². The van der Waals surface area contributed by atoms with Crippen molar-refractivity contribution >= 4 is 17.5 Å². The summed E-state index contributed by atoms with van der Waals surface area (Å²) in [5.41, 5.74) is 8.37. The van der Waals surface area contributed by atoms with E-state index in [-0.39, 0.29) is 11.5 Å². The van der Waals surface area contributed by atoms with Crippen LogP contribution in [0.25, 0.3) is 11.1 Å². The Morgan fingerprint density at radius 2 is 1.63 bits per heavy atom. The van der Waals surface area contributed by atoms with E-state index in [0.717, 1.165) is 17.7 Å². The lowest BCUT2D eigenvalue weighted by atomic mass is 10.0. The Hall–Kier alpha value is -3.54. The summed E-state index contributed by atoms with van der Waals surface area (Å²) in [6.45, 7) is 0.302. The second-order valence-electron chi connectivity index (χ2n) is 6.27. The van der Waals surface area contributed by atoms with Crippen molar-refractivity contribution in [2.75, 3.05) is 4.90 Å². The zero-order valence-corrected chi connectivity index (χ0v) is 14.1. The molecule has 0 atom stereocenters. The molecule has 1 aliphatic rings. The monoisotopic (exact) mass is 364 g/mol. The van der Waals surface area contributed by atoms with Crippen molar-refractivity contribution < 1.29 is 18.4 Å². The molecule has 1 aliphatic heterocycles. The van der Waals surface area contributed by atoms with Crippen molar-refractivity contribution in [1.82, 2.24) is 0 Å². The van der Waals surface area contributed by atoms with Crippen LogP contribution in [0, 0.1) is 11.6 Å². The quantitative estimate of drug-likeness (QED) is 0.766. The minimum atomic E-state index is -0.974. The highest BCUT2D eigenvalue weighted by Gasteiger charge is 2.30. The highest BCUT2D eigenvalue weighted by molar-refractivity contribution is 6.13. The number of nitrogens with two attached hydrogens (primary N) is 1. The third-order valence-electron chi connectivity index (χ3n) is 4.63. The van der Waals surface area contributed by atoms with Crippen LogP contribution in [0.4, 0.5) is 14.5 Å². The van der Waals surface area contributed by atoms with Gasteiger partial charge in [0.2, 0.25) is 0 Å². The van der Waals surface area contributed by atoms with Gasteiger partial charge in [-0.2, -0.15) is 0 Å². The van der Waals surface area contributed by atoms with Crippen LogP contribution in [0.2, 0.25) is 0 Å². The maximum Gasteiger partial charge on any atom is 0.258 e. The Kier molecular flexibility index (Phi) is 3.96. The summed E-state index contributed by atoms with van der Waals surface area (Å²) in [4.78, 5) is 26.1. The van der Waals surface area contributed by atoms with E-state index in [1.54, 1.807) is 24.3 Å². The van der Waals surface area contributed by atoms with E-state index in [1.165, 1.54) is 17.0 Å². The lowest BCUT2D eigenvalue weighted by molar-refractivity contribution is 0.0996. The first kappa shape index (κ1) is 16.9. The first-order valence-electron chi connectivity index (χ1n) is 8.25. The van der Waals surface area contributed by atoms with Gasteiger partial charge in [-0.15, -0.1) is 0 Å². The van der Waals surface area contributed by atoms with Gasteiger partial charge in [-0.3, -0.25) is 9.59 Å².